The van der Waals surface area contributed by atoms with Gasteiger partial charge in [0.15, 0.2) is 5.82 Å². The molecule has 0 bridgehead atoms. The van der Waals surface area contributed by atoms with E-state index < -0.39 is 15.9 Å². The van der Waals surface area contributed by atoms with Crippen molar-refractivity contribution in [2.45, 2.75) is 18.4 Å². The SMILES string of the molecule is Cc1cc(N)nc(CN2C(=O)c3ccccc3S2(=O)=O)n1. The third kappa shape index (κ3) is 2.13. The number of carbonyl (C=O) groups is 1. The summed E-state index contributed by atoms with van der Waals surface area (Å²) in [6, 6.07) is 7.67. The minimum absolute atomic E-state index is 0.00984. The summed E-state index contributed by atoms with van der Waals surface area (Å²) < 4.78 is 25.5. The lowest BCUT2D eigenvalue weighted by molar-refractivity contribution is 0.0862. The van der Waals surface area contributed by atoms with Gasteiger partial charge in [0.05, 0.1) is 12.1 Å². The van der Waals surface area contributed by atoms with E-state index in [1.165, 1.54) is 12.1 Å². The molecule has 1 aromatic carbocycles. The molecule has 3 rings (SSSR count). The van der Waals surface area contributed by atoms with Crippen molar-refractivity contribution in [3.8, 4) is 0 Å². The summed E-state index contributed by atoms with van der Waals surface area (Å²) in [6.45, 7) is 1.48. The van der Waals surface area contributed by atoms with Gasteiger partial charge in [-0.1, -0.05) is 12.1 Å². The van der Waals surface area contributed by atoms with Crippen LogP contribution in [0.25, 0.3) is 0 Å². The van der Waals surface area contributed by atoms with E-state index in [9.17, 15) is 13.2 Å². The zero-order chi connectivity index (χ0) is 15.2. The fourth-order valence-corrected chi connectivity index (χ4v) is 3.77. The second-order valence-electron chi connectivity index (χ2n) is 4.66. The highest BCUT2D eigenvalue weighted by Gasteiger charge is 2.41. The van der Waals surface area contributed by atoms with Crippen LogP contribution >= 0.6 is 0 Å². The van der Waals surface area contributed by atoms with E-state index in [1.807, 2.05) is 0 Å². The fourth-order valence-electron chi connectivity index (χ4n) is 2.24. The molecule has 0 radical (unpaired) electrons. The quantitative estimate of drug-likeness (QED) is 0.876. The molecule has 1 aliphatic rings. The van der Waals surface area contributed by atoms with Crippen LogP contribution in [0.15, 0.2) is 35.2 Å². The second-order valence-corrected chi connectivity index (χ2v) is 6.49. The molecule has 2 N–H and O–H groups in total. The molecule has 1 amide bonds. The smallest absolute Gasteiger partial charge is 0.269 e. The van der Waals surface area contributed by atoms with Gasteiger partial charge in [-0.15, -0.1) is 0 Å². The Kier molecular flexibility index (Phi) is 2.91. The van der Waals surface area contributed by atoms with Crippen LogP contribution in [-0.2, 0) is 16.6 Å². The van der Waals surface area contributed by atoms with Gasteiger partial charge in [0, 0.05) is 11.8 Å². The van der Waals surface area contributed by atoms with Gasteiger partial charge in [0.1, 0.15) is 10.7 Å². The van der Waals surface area contributed by atoms with Crippen LogP contribution in [-0.4, -0.2) is 28.6 Å². The molecular formula is C13H12N4O3S. The van der Waals surface area contributed by atoms with Gasteiger partial charge in [0.2, 0.25) is 0 Å². The number of nitrogens with two attached hydrogens (primary N) is 1. The van der Waals surface area contributed by atoms with Gasteiger partial charge in [0.25, 0.3) is 15.9 Å². The lowest BCUT2D eigenvalue weighted by atomic mass is 10.2. The van der Waals surface area contributed by atoms with E-state index in [0.717, 1.165) is 4.31 Å². The molecular weight excluding hydrogens is 292 g/mol. The van der Waals surface area contributed by atoms with E-state index in [1.54, 1.807) is 25.1 Å². The standard InChI is InChI=1S/C13H12N4O3S/c1-8-6-11(14)16-12(15-8)7-17-13(18)9-4-2-3-5-10(9)21(17,19)20/h2-6H,7H2,1H3,(H2,14,15,16). The van der Waals surface area contributed by atoms with Crippen molar-refractivity contribution in [3.63, 3.8) is 0 Å². The average Bonchev–Trinajstić information content (AvgIpc) is 2.60. The zero-order valence-corrected chi connectivity index (χ0v) is 12.0. The van der Waals surface area contributed by atoms with Crippen molar-refractivity contribution in [1.29, 1.82) is 0 Å². The number of carbonyl (C=O) groups excluding carboxylic acids is 1. The first-order valence-electron chi connectivity index (χ1n) is 6.16. The average molecular weight is 304 g/mol. The second kappa shape index (κ2) is 4.52. The van der Waals surface area contributed by atoms with Crippen molar-refractivity contribution >= 4 is 21.7 Å². The van der Waals surface area contributed by atoms with Gasteiger partial charge in [-0.25, -0.2) is 22.7 Å². The van der Waals surface area contributed by atoms with E-state index in [-0.39, 0.29) is 28.6 Å². The van der Waals surface area contributed by atoms with Crippen LogP contribution in [0, 0.1) is 6.92 Å². The molecule has 0 atom stereocenters. The summed E-state index contributed by atoms with van der Waals surface area (Å²) in [5.74, 6) is -0.148. The zero-order valence-electron chi connectivity index (χ0n) is 11.1. The highest BCUT2D eigenvalue weighted by atomic mass is 32.2. The molecule has 0 spiro atoms. The summed E-state index contributed by atoms with van der Waals surface area (Å²) >= 11 is 0. The lowest BCUT2D eigenvalue weighted by Crippen LogP contribution is -2.30. The molecule has 8 heteroatoms. The molecule has 7 nitrogen and oxygen atoms in total. The molecule has 2 heterocycles. The predicted octanol–water partition coefficient (Wildman–Crippen LogP) is 0.712. The molecule has 21 heavy (non-hydrogen) atoms. The molecule has 0 saturated carbocycles. The Morgan fingerprint density at radius 3 is 2.62 bits per heavy atom. The number of amides is 1. The number of rotatable bonds is 2. The molecule has 2 aromatic rings. The predicted molar refractivity (Wildman–Crippen MR) is 74.7 cm³/mol. The number of sulfonamides is 1. The largest absolute Gasteiger partial charge is 0.384 e. The van der Waals surface area contributed by atoms with Crippen LogP contribution < -0.4 is 5.73 Å². The number of hydrogen-bond acceptors (Lipinski definition) is 6. The minimum atomic E-state index is -3.86. The Morgan fingerprint density at radius 1 is 1.24 bits per heavy atom. The summed E-state index contributed by atoms with van der Waals surface area (Å²) in [5.41, 5.74) is 6.39. The number of aryl methyl sites for hydroxylation is 1. The van der Waals surface area contributed by atoms with E-state index in [2.05, 4.69) is 9.97 Å². The fraction of sp³-hybridized carbons (Fsp3) is 0.154. The topological polar surface area (TPSA) is 106 Å². The highest BCUT2D eigenvalue weighted by Crippen LogP contribution is 2.30. The summed E-state index contributed by atoms with van der Waals surface area (Å²) in [7, 11) is -3.86. The van der Waals surface area contributed by atoms with Crippen LogP contribution in [0.1, 0.15) is 21.9 Å². The molecule has 1 aromatic heterocycles. The summed E-state index contributed by atoms with van der Waals surface area (Å²) in [4.78, 5) is 20.3. The monoisotopic (exact) mass is 304 g/mol. The maximum Gasteiger partial charge on any atom is 0.269 e. The van der Waals surface area contributed by atoms with Gasteiger partial charge in [-0.2, -0.15) is 0 Å². The Bertz CT molecular complexity index is 828. The number of fused-ring (bicyclic) bond motifs is 1. The Labute approximate surface area is 121 Å². The summed E-state index contributed by atoms with van der Waals surface area (Å²) in [6.07, 6.45) is 0. The number of aromatic nitrogens is 2. The molecule has 0 fully saturated rings. The number of anilines is 1. The van der Waals surface area contributed by atoms with Gasteiger partial charge < -0.3 is 5.73 Å². The van der Waals surface area contributed by atoms with Crippen molar-refractivity contribution in [1.82, 2.24) is 14.3 Å². The third-order valence-electron chi connectivity index (χ3n) is 3.12. The van der Waals surface area contributed by atoms with Gasteiger partial charge in [-0.05, 0) is 19.1 Å². The van der Waals surface area contributed by atoms with Crippen LogP contribution in [0.3, 0.4) is 0 Å². The third-order valence-corrected chi connectivity index (χ3v) is 4.90. The van der Waals surface area contributed by atoms with Crippen LogP contribution in [0.2, 0.25) is 0 Å². The Balaban J connectivity index is 2.03. The van der Waals surface area contributed by atoms with Gasteiger partial charge >= 0.3 is 0 Å². The Hall–Kier alpha value is -2.48. The van der Waals surface area contributed by atoms with E-state index in [4.69, 9.17) is 5.73 Å². The first-order valence-corrected chi connectivity index (χ1v) is 7.60. The first kappa shape index (κ1) is 13.5. The van der Waals surface area contributed by atoms with Crippen molar-refractivity contribution in [3.05, 3.63) is 47.4 Å². The maximum atomic E-state index is 12.4. The number of hydrogen-bond donors (Lipinski definition) is 1. The molecule has 0 unspecified atom stereocenters. The highest BCUT2D eigenvalue weighted by molar-refractivity contribution is 7.90. The van der Waals surface area contributed by atoms with Gasteiger partial charge in [-0.3, -0.25) is 4.79 Å². The van der Waals surface area contributed by atoms with Crippen molar-refractivity contribution < 1.29 is 13.2 Å². The lowest BCUT2D eigenvalue weighted by Gasteiger charge is -2.14. The maximum absolute atomic E-state index is 12.4. The number of nitrogen functional groups attached to an aromatic ring is 1. The molecule has 0 saturated heterocycles. The van der Waals surface area contributed by atoms with Crippen molar-refractivity contribution in [2.75, 3.05) is 5.73 Å². The number of benzene rings is 1. The Morgan fingerprint density at radius 2 is 1.95 bits per heavy atom. The molecule has 0 aliphatic carbocycles. The van der Waals surface area contributed by atoms with E-state index in [0.29, 0.717) is 5.69 Å². The summed E-state index contributed by atoms with van der Waals surface area (Å²) in [5, 5.41) is 0. The van der Waals surface area contributed by atoms with Crippen molar-refractivity contribution in [2.24, 2.45) is 0 Å². The molecule has 1 aliphatic heterocycles. The van der Waals surface area contributed by atoms with E-state index >= 15 is 0 Å². The normalized spacial score (nSPS) is 16.0. The molecule has 108 valence electrons. The first-order chi connectivity index (χ1) is 9.89. The minimum Gasteiger partial charge on any atom is -0.384 e. The van der Waals surface area contributed by atoms with Crippen LogP contribution in [0.5, 0.6) is 0 Å². The number of nitrogens with zero attached hydrogens (tertiary/aromatic N) is 3. The van der Waals surface area contributed by atoms with Crippen LogP contribution in [0.4, 0.5) is 5.82 Å².